The van der Waals surface area contributed by atoms with Crippen molar-refractivity contribution in [1.29, 1.82) is 0 Å². The number of aromatic nitrogens is 1. The molecule has 1 heterocycles. The van der Waals surface area contributed by atoms with Gasteiger partial charge in [0, 0.05) is 12.3 Å². The molecule has 6 heteroatoms. The van der Waals surface area contributed by atoms with Crippen LogP contribution in [0.5, 0.6) is 17.4 Å². The minimum Gasteiger partial charge on any atom is -0.508 e. The van der Waals surface area contributed by atoms with Gasteiger partial charge in [-0.1, -0.05) is 34.8 Å². The van der Waals surface area contributed by atoms with Crippen LogP contribution in [0.3, 0.4) is 0 Å². The zero-order valence-electron chi connectivity index (χ0n) is 8.32. The molecule has 88 valence electrons. The van der Waals surface area contributed by atoms with Gasteiger partial charge in [0.2, 0.25) is 5.88 Å². The average Bonchev–Trinajstić information content (AvgIpc) is 2.30. The van der Waals surface area contributed by atoms with Crippen molar-refractivity contribution in [3.63, 3.8) is 0 Å². The Morgan fingerprint density at radius 2 is 1.82 bits per heavy atom. The molecule has 0 unspecified atom stereocenters. The largest absolute Gasteiger partial charge is 0.508 e. The van der Waals surface area contributed by atoms with E-state index in [0.29, 0.717) is 10.0 Å². The lowest BCUT2D eigenvalue weighted by Gasteiger charge is -2.08. The molecule has 1 N–H and O–H groups in total. The highest BCUT2D eigenvalue weighted by atomic mass is 35.5. The third-order valence-electron chi connectivity index (χ3n) is 1.93. The van der Waals surface area contributed by atoms with Gasteiger partial charge in [0.25, 0.3) is 0 Å². The summed E-state index contributed by atoms with van der Waals surface area (Å²) in [6, 6.07) is 5.86. The molecule has 0 saturated carbocycles. The maximum atomic E-state index is 9.32. The summed E-state index contributed by atoms with van der Waals surface area (Å²) in [6.07, 6.45) is 1.46. The number of hydrogen-bond donors (Lipinski definition) is 1. The monoisotopic (exact) mass is 289 g/mol. The van der Waals surface area contributed by atoms with Crippen LogP contribution in [-0.2, 0) is 0 Å². The number of phenolic OH excluding ortho intramolecular Hbond substituents is 1. The van der Waals surface area contributed by atoms with Gasteiger partial charge in [0.05, 0.1) is 10.0 Å². The number of phenols is 1. The summed E-state index contributed by atoms with van der Waals surface area (Å²) in [5.74, 6) is 0.414. The highest BCUT2D eigenvalue weighted by Gasteiger charge is 2.11. The fourth-order valence-electron chi connectivity index (χ4n) is 1.15. The van der Waals surface area contributed by atoms with Gasteiger partial charge in [-0.05, 0) is 18.2 Å². The maximum absolute atomic E-state index is 9.32. The van der Waals surface area contributed by atoms with Crippen molar-refractivity contribution in [3.05, 3.63) is 45.5 Å². The lowest BCUT2D eigenvalue weighted by molar-refractivity contribution is 0.446. The van der Waals surface area contributed by atoms with E-state index < -0.39 is 0 Å². The van der Waals surface area contributed by atoms with E-state index in [2.05, 4.69) is 4.98 Å². The predicted molar refractivity (Wildman–Crippen MR) is 67.4 cm³/mol. The Morgan fingerprint density at radius 1 is 1.06 bits per heavy atom. The third-order valence-corrected chi connectivity index (χ3v) is 3.02. The molecule has 0 saturated heterocycles. The van der Waals surface area contributed by atoms with Crippen LogP contribution in [0.1, 0.15) is 0 Å². The molecule has 0 aliphatic rings. The van der Waals surface area contributed by atoms with Crippen LogP contribution >= 0.6 is 34.8 Å². The smallest absolute Gasteiger partial charge is 0.239 e. The highest BCUT2D eigenvalue weighted by Crippen LogP contribution is 2.36. The molecule has 1 aromatic carbocycles. The van der Waals surface area contributed by atoms with Crippen molar-refractivity contribution < 1.29 is 9.84 Å². The number of rotatable bonds is 2. The van der Waals surface area contributed by atoms with Crippen LogP contribution in [0, 0.1) is 0 Å². The number of benzene rings is 1. The van der Waals surface area contributed by atoms with E-state index >= 15 is 0 Å². The molecule has 0 radical (unpaired) electrons. The summed E-state index contributed by atoms with van der Waals surface area (Å²) < 4.78 is 5.38. The summed E-state index contributed by atoms with van der Waals surface area (Å²) in [6.45, 7) is 0. The minimum absolute atomic E-state index is 0.0301. The molecule has 1 aromatic heterocycles. The van der Waals surface area contributed by atoms with Crippen LogP contribution < -0.4 is 4.74 Å². The first-order valence-corrected chi connectivity index (χ1v) is 5.67. The molecule has 0 fully saturated rings. The second-order valence-electron chi connectivity index (χ2n) is 3.13. The Kier molecular flexibility index (Phi) is 3.62. The quantitative estimate of drug-likeness (QED) is 0.883. The Balaban J connectivity index is 2.38. The van der Waals surface area contributed by atoms with Crippen molar-refractivity contribution in [2.75, 3.05) is 0 Å². The van der Waals surface area contributed by atoms with Crippen LogP contribution in [0.15, 0.2) is 30.5 Å². The third kappa shape index (κ3) is 2.75. The van der Waals surface area contributed by atoms with E-state index in [1.165, 1.54) is 24.4 Å². The lowest BCUT2D eigenvalue weighted by atomic mass is 10.3. The van der Waals surface area contributed by atoms with E-state index in [0.717, 1.165) is 0 Å². The van der Waals surface area contributed by atoms with Gasteiger partial charge < -0.3 is 9.84 Å². The predicted octanol–water partition coefficient (Wildman–Crippen LogP) is 4.54. The summed E-state index contributed by atoms with van der Waals surface area (Å²) in [5.41, 5.74) is 0. The van der Waals surface area contributed by atoms with Gasteiger partial charge in [-0.15, -0.1) is 0 Å². The molecule has 17 heavy (non-hydrogen) atoms. The molecule has 0 bridgehead atoms. The van der Waals surface area contributed by atoms with E-state index in [9.17, 15) is 5.11 Å². The fourth-order valence-corrected chi connectivity index (χ4v) is 1.59. The van der Waals surface area contributed by atoms with Crippen molar-refractivity contribution in [2.45, 2.75) is 0 Å². The molecular formula is C11H6Cl3NO2. The summed E-state index contributed by atoms with van der Waals surface area (Å²) >= 11 is 17.6. The van der Waals surface area contributed by atoms with E-state index in [1.54, 1.807) is 6.07 Å². The molecular weight excluding hydrogens is 284 g/mol. The van der Waals surface area contributed by atoms with Crippen LogP contribution in [-0.4, -0.2) is 10.1 Å². The Morgan fingerprint density at radius 3 is 2.59 bits per heavy atom. The minimum atomic E-state index is 0.0301. The Labute approximate surface area is 113 Å². The zero-order valence-corrected chi connectivity index (χ0v) is 10.6. The average molecular weight is 291 g/mol. The zero-order chi connectivity index (χ0) is 12.4. The topological polar surface area (TPSA) is 42.4 Å². The molecule has 2 rings (SSSR count). The number of nitrogens with zero attached hydrogens (tertiary/aromatic N) is 1. The van der Waals surface area contributed by atoms with Gasteiger partial charge >= 0.3 is 0 Å². The SMILES string of the molecule is Oc1ccc(Cl)c(Oc2nccc(Cl)c2Cl)c1. The number of halogens is 3. The molecule has 0 spiro atoms. The number of hydrogen-bond acceptors (Lipinski definition) is 3. The summed E-state index contributed by atoms with van der Waals surface area (Å²) in [4.78, 5) is 3.93. The molecule has 3 nitrogen and oxygen atoms in total. The van der Waals surface area contributed by atoms with E-state index in [1.807, 2.05) is 0 Å². The van der Waals surface area contributed by atoms with Gasteiger partial charge in [-0.25, -0.2) is 4.98 Å². The van der Waals surface area contributed by atoms with E-state index in [-0.39, 0.29) is 22.4 Å². The van der Waals surface area contributed by atoms with Crippen LogP contribution in [0.4, 0.5) is 0 Å². The summed E-state index contributed by atoms with van der Waals surface area (Å²) in [7, 11) is 0. The highest BCUT2D eigenvalue weighted by molar-refractivity contribution is 6.42. The van der Waals surface area contributed by atoms with Gasteiger partial charge in [0.15, 0.2) is 5.75 Å². The Bertz CT molecular complexity index is 560. The van der Waals surface area contributed by atoms with Crippen molar-refractivity contribution >= 4 is 34.8 Å². The number of pyridine rings is 1. The Hall–Kier alpha value is -1.16. The normalized spacial score (nSPS) is 10.3. The second-order valence-corrected chi connectivity index (χ2v) is 4.32. The van der Waals surface area contributed by atoms with E-state index in [4.69, 9.17) is 39.5 Å². The first-order chi connectivity index (χ1) is 8.08. The molecule has 0 aliphatic heterocycles. The lowest BCUT2D eigenvalue weighted by Crippen LogP contribution is -1.89. The van der Waals surface area contributed by atoms with Gasteiger partial charge in [-0.2, -0.15) is 0 Å². The molecule has 0 amide bonds. The standard InChI is InChI=1S/C11H6Cl3NO2/c12-7-2-1-6(16)5-9(7)17-11-10(14)8(13)3-4-15-11/h1-5,16H. The summed E-state index contributed by atoms with van der Waals surface area (Å²) in [5, 5.41) is 10.2. The number of aromatic hydroxyl groups is 1. The molecule has 0 atom stereocenters. The number of ether oxygens (including phenoxy) is 1. The first-order valence-electron chi connectivity index (χ1n) is 4.54. The van der Waals surface area contributed by atoms with Crippen LogP contribution in [0.25, 0.3) is 0 Å². The van der Waals surface area contributed by atoms with Gasteiger partial charge in [-0.3, -0.25) is 0 Å². The van der Waals surface area contributed by atoms with Crippen LogP contribution in [0.2, 0.25) is 15.1 Å². The first kappa shape index (κ1) is 12.3. The van der Waals surface area contributed by atoms with Crippen molar-refractivity contribution in [3.8, 4) is 17.4 Å². The second kappa shape index (κ2) is 5.00. The maximum Gasteiger partial charge on any atom is 0.239 e. The van der Waals surface area contributed by atoms with Crippen molar-refractivity contribution in [1.82, 2.24) is 4.98 Å². The molecule has 0 aliphatic carbocycles. The van der Waals surface area contributed by atoms with Gasteiger partial charge in [0.1, 0.15) is 10.8 Å². The van der Waals surface area contributed by atoms with Crippen molar-refractivity contribution in [2.24, 2.45) is 0 Å². The molecule has 2 aromatic rings. The fraction of sp³-hybridized carbons (Fsp3) is 0.